The summed E-state index contributed by atoms with van der Waals surface area (Å²) in [6.07, 6.45) is 8.76. The summed E-state index contributed by atoms with van der Waals surface area (Å²) in [5.74, 6) is 0.257. The summed E-state index contributed by atoms with van der Waals surface area (Å²) in [5, 5.41) is 4.75. The topological polar surface area (TPSA) is 93.2 Å². The monoisotopic (exact) mass is 506 g/mol. The van der Waals surface area contributed by atoms with E-state index in [0.29, 0.717) is 11.7 Å². The Morgan fingerprint density at radius 3 is 2.55 bits per heavy atom. The van der Waals surface area contributed by atoms with E-state index in [1.165, 1.54) is 45.1 Å². The number of thiazole rings is 1. The number of sulfonamides is 1. The minimum absolute atomic E-state index is 0.0449. The molecule has 7 nitrogen and oxygen atoms in total. The van der Waals surface area contributed by atoms with Crippen LogP contribution in [0.5, 0.6) is 5.75 Å². The summed E-state index contributed by atoms with van der Waals surface area (Å²) in [7, 11) is -2.47. The van der Waals surface area contributed by atoms with Crippen LogP contribution < -0.4 is 14.8 Å². The minimum Gasteiger partial charge on any atom is -0.495 e. The van der Waals surface area contributed by atoms with Gasteiger partial charge in [-0.05, 0) is 55.7 Å². The number of aryl methyl sites for hydroxylation is 1. The highest BCUT2D eigenvalue weighted by molar-refractivity contribution is 7.92. The van der Waals surface area contributed by atoms with E-state index in [9.17, 15) is 8.42 Å². The molecule has 3 aromatic rings. The lowest BCUT2D eigenvalue weighted by Gasteiger charge is -2.14. The number of benzene rings is 1. The van der Waals surface area contributed by atoms with Gasteiger partial charge < -0.3 is 10.1 Å². The number of hydrogen-bond acceptors (Lipinski definition) is 7. The SMILES string of the molecule is COc1ccc(-c2sc(NC3CCCCCC3)nc2C)cc1S(=O)(=O)Nc1ccc(Cl)nc1. The second-order valence-corrected chi connectivity index (χ2v) is 11.1. The summed E-state index contributed by atoms with van der Waals surface area (Å²) in [6.45, 7) is 1.94. The van der Waals surface area contributed by atoms with Gasteiger partial charge in [-0.2, -0.15) is 0 Å². The molecule has 1 aliphatic carbocycles. The van der Waals surface area contributed by atoms with Gasteiger partial charge in [0.1, 0.15) is 15.8 Å². The van der Waals surface area contributed by atoms with Crippen molar-refractivity contribution in [1.82, 2.24) is 9.97 Å². The lowest BCUT2D eigenvalue weighted by Crippen LogP contribution is -2.17. The van der Waals surface area contributed by atoms with Crippen molar-refractivity contribution in [3.63, 3.8) is 0 Å². The Labute approximate surface area is 203 Å². The Kier molecular flexibility index (Phi) is 7.41. The molecular formula is C23H27ClN4O3S2. The first-order valence-corrected chi connectivity index (χ1v) is 13.6. The number of aromatic nitrogens is 2. The average Bonchev–Trinajstić information content (AvgIpc) is 2.97. The van der Waals surface area contributed by atoms with Crippen molar-refractivity contribution in [1.29, 1.82) is 0 Å². The summed E-state index contributed by atoms with van der Waals surface area (Å²) in [4.78, 5) is 9.61. The van der Waals surface area contributed by atoms with Crippen LogP contribution in [0.1, 0.15) is 44.2 Å². The van der Waals surface area contributed by atoms with E-state index in [0.717, 1.165) is 34.1 Å². The highest BCUT2D eigenvalue weighted by Crippen LogP contribution is 2.37. The molecule has 0 atom stereocenters. The van der Waals surface area contributed by atoms with Gasteiger partial charge in [-0.25, -0.2) is 18.4 Å². The van der Waals surface area contributed by atoms with Crippen molar-refractivity contribution >= 4 is 43.8 Å². The molecule has 176 valence electrons. The maximum Gasteiger partial charge on any atom is 0.265 e. The highest BCUT2D eigenvalue weighted by atomic mass is 35.5. The van der Waals surface area contributed by atoms with Gasteiger partial charge in [-0.3, -0.25) is 4.72 Å². The van der Waals surface area contributed by atoms with Crippen LogP contribution in [0.3, 0.4) is 0 Å². The smallest absolute Gasteiger partial charge is 0.265 e. The zero-order valence-electron chi connectivity index (χ0n) is 18.6. The number of rotatable bonds is 7. The predicted molar refractivity (Wildman–Crippen MR) is 134 cm³/mol. The summed E-state index contributed by atoms with van der Waals surface area (Å²) < 4.78 is 34.2. The van der Waals surface area contributed by atoms with Gasteiger partial charge in [-0.15, -0.1) is 0 Å². The van der Waals surface area contributed by atoms with Gasteiger partial charge in [0, 0.05) is 6.04 Å². The van der Waals surface area contributed by atoms with Crippen LogP contribution in [0.2, 0.25) is 5.15 Å². The number of halogens is 1. The zero-order chi connectivity index (χ0) is 23.4. The lowest BCUT2D eigenvalue weighted by molar-refractivity contribution is 0.403. The molecule has 1 aliphatic rings. The van der Waals surface area contributed by atoms with Crippen LogP contribution in [0.25, 0.3) is 10.4 Å². The molecule has 10 heteroatoms. The Morgan fingerprint density at radius 1 is 1.12 bits per heavy atom. The fraction of sp³-hybridized carbons (Fsp3) is 0.391. The Bertz CT molecular complexity index is 1200. The van der Waals surface area contributed by atoms with Crippen molar-refractivity contribution in [3.05, 3.63) is 47.4 Å². The molecule has 0 spiro atoms. The van der Waals surface area contributed by atoms with Crippen LogP contribution in [0, 0.1) is 6.92 Å². The summed E-state index contributed by atoms with van der Waals surface area (Å²) in [6, 6.07) is 8.67. The van der Waals surface area contributed by atoms with Gasteiger partial charge in [0.15, 0.2) is 5.13 Å². The Hall–Kier alpha value is -2.36. The molecule has 0 unspecified atom stereocenters. The van der Waals surface area contributed by atoms with E-state index in [1.807, 2.05) is 13.0 Å². The number of nitrogens with one attached hydrogen (secondary N) is 2. The molecule has 33 heavy (non-hydrogen) atoms. The number of methoxy groups -OCH3 is 1. The molecule has 1 saturated carbocycles. The fourth-order valence-electron chi connectivity index (χ4n) is 4.00. The standard InChI is InChI=1S/C23H27ClN4O3S2/c1-15-22(32-23(26-15)27-17-7-5-3-4-6-8-17)16-9-11-19(31-2)20(13-16)33(29,30)28-18-10-12-21(24)25-14-18/h9-14,17,28H,3-8H2,1-2H3,(H,26,27). The first kappa shape index (κ1) is 23.8. The van der Waals surface area contributed by atoms with Gasteiger partial charge in [0.25, 0.3) is 10.0 Å². The van der Waals surface area contributed by atoms with Crippen LogP contribution >= 0.6 is 22.9 Å². The molecule has 2 heterocycles. The van der Waals surface area contributed by atoms with Crippen molar-refractivity contribution < 1.29 is 13.2 Å². The summed E-state index contributed by atoms with van der Waals surface area (Å²) >= 11 is 7.35. The zero-order valence-corrected chi connectivity index (χ0v) is 21.0. The molecular weight excluding hydrogens is 480 g/mol. The van der Waals surface area contributed by atoms with E-state index in [2.05, 4.69) is 15.0 Å². The average molecular weight is 507 g/mol. The number of pyridine rings is 1. The molecule has 2 aromatic heterocycles. The molecule has 0 bridgehead atoms. The van der Waals surface area contributed by atoms with E-state index in [4.69, 9.17) is 21.3 Å². The first-order chi connectivity index (χ1) is 15.9. The van der Waals surface area contributed by atoms with Crippen molar-refractivity contribution in [2.45, 2.75) is 56.4 Å². The Morgan fingerprint density at radius 2 is 1.88 bits per heavy atom. The molecule has 1 aromatic carbocycles. The third kappa shape index (κ3) is 5.77. The molecule has 2 N–H and O–H groups in total. The van der Waals surface area contributed by atoms with Gasteiger partial charge in [0.05, 0.1) is 29.6 Å². The second-order valence-electron chi connectivity index (χ2n) is 8.11. The predicted octanol–water partition coefficient (Wildman–Crippen LogP) is 6.11. The molecule has 1 fully saturated rings. The maximum absolute atomic E-state index is 13.2. The van der Waals surface area contributed by atoms with Gasteiger partial charge in [-0.1, -0.05) is 48.6 Å². The quantitative estimate of drug-likeness (QED) is 0.296. The van der Waals surface area contributed by atoms with E-state index in [1.54, 1.807) is 29.5 Å². The molecule has 0 amide bonds. The molecule has 0 radical (unpaired) electrons. The van der Waals surface area contributed by atoms with E-state index in [-0.39, 0.29) is 15.8 Å². The van der Waals surface area contributed by atoms with Crippen molar-refractivity contribution in [3.8, 4) is 16.2 Å². The Balaban J connectivity index is 1.62. The van der Waals surface area contributed by atoms with Crippen LogP contribution in [-0.2, 0) is 10.0 Å². The van der Waals surface area contributed by atoms with E-state index >= 15 is 0 Å². The molecule has 4 rings (SSSR count). The number of ether oxygens (including phenoxy) is 1. The number of nitrogens with zero attached hydrogens (tertiary/aromatic N) is 2. The number of anilines is 2. The van der Waals surface area contributed by atoms with Crippen LogP contribution in [0.15, 0.2) is 41.4 Å². The van der Waals surface area contributed by atoms with Gasteiger partial charge in [0.2, 0.25) is 0 Å². The highest BCUT2D eigenvalue weighted by Gasteiger charge is 2.23. The normalized spacial score (nSPS) is 15.1. The first-order valence-electron chi connectivity index (χ1n) is 10.9. The minimum atomic E-state index is -3.92. The lowest BCUT2D eigenvalue weighted by atomic mass is 10.1. The second kappa shape index (κ2) is 10.3. The third-order valence-electron chi connectivity index (χ3n) is 5.67. The van der Waals surface area contributed by atoms with Crippen molar-refractivity contribution in [2.24, 2.45) is 0 Å². The van der Waals surface area contributed by atoms with Crippen LogP contribution in [-0.4, -0.2) is 31.5 Å². The molecule has 0 aliphatic heterocycles. The van der Waals surface area contributed by atoms with Gasteiger partial charge >= 0.3 is 0 Å². The number of hydrogen-bond donors (Lipinski definition) is 2. The third-order valence-corrected chi connectivity index (χ3v) is 8.44. The molecule has 0 saturated heterocycles. The van der Waals surface area contributed by atoms with Crippen molar-refractivity contribution in [2.75, 3.05) is 17.1 Å². The summed E-state index contributed by atoms with van der Waals surface area (Å²) in [5.41, 5.74) is 1.95. The maximum atomic E-state index is 13.2. The van der Waals surface area contributed by atoms with E-state index < -0.39 is 10.0 Å². The largest absolute Gasteiger partial charge is 0.495 e. The van der Waals surface area contributed by atoms with Crippen LogP contribution in [0.4, 0.5) is 10.8 Å². The fourth-order valence-corrected chi connectivity index (χ4v) is 6.39.